The van der Waals surface area contributed by atoms with Gasteiger partial charge in [-0.1, -0.05) is 11.6 Å². The van der Waals surface area contributed by atoms with Gasteiger partial charge >= 0.3 is 18.1 Å². The third kappa shape index (κ3) is 7.18. The maximum absolute atomic E-state index is 15.2. The van der Waals surface area contributed by atoms with Crippen molar-refractivity contribution in [1.29, 1.82) is 0 Å². The number of dihydropyridines is 1. The van der Waals surface area contributed by atoms with E-state index in [1.165, 1.54) is 6.92 Å². The Morgan fingerprint density at radius 1 is 1.08 bits per heavy atom. The van der Waals surface area contributed by atoms with Crippen LogP contribution in [0.5, 0.6) is 0 Å². The van der Waals surface area contributed by atoms with Crippen molar-refractivity contribution in [1.82, 2.24) is 5.32 Å². The van der Waals surface area contributed by atoms with E-state index in [0.717, 1.165) is 7.11 Å². The van der Waals surface area contributed by atoms with Crippen molar-refractivity contribution >= 4 is 23.5 Å². The lowest BCUT2D eigenvalue weighted by Crippen LogP contribution is -2.37. The molecule has 1 aromatic rings. The van der Waals surface area contributed by atoms with E-state index in [9.17, 15) is 27.2 Å². The van der Waals surface area contributed by atoms with Gasteiger partial charge in [0, 0.05) is 12.1 Å². The molecule has 1 aromatic carbocycles. The van der Waals surface area contributed by atoms with Crippen molar-refractivity contribution in [3.63, 3.8) is 0 Å². The number of carbonyl (C=O) groups excluding carboxylic acids is 2. The molecule has 0 radical (unpaired) electrons. The molecule has 1 atom stereocenters. The number of halogens is 6. The van der Waals surface area contributed by atoms with Crippen LogP contribution in [0.4, 0.5) is 22.0 Å². The van der Waals surface area contributed by atoms with E-state index in [2.05, 4.69) is 10.1 Å². The molecule has 0 saturated heterocycles. The number of allylic oxidation sites excluding steroid dienone is 1. The van der Waals surface area contributed by atoms with E-state index in [1.807, 2.05) is 0 Å². The number of nitrogens with two attached hydrogens (primary N) is 1. The van der Waals surface area contributed by atoms with Gasteiger partial charge in [0.1, 0.15) is 12.5 Å². The highest BCUT2D eigenvalue weighted by atomic mass is 35.5. The summed E-state index contributed by atoms with van der Waals surface area (Å²) in [5.41, 5.74) is 0.371. The number of ether oxygens (including phenoxy) is 4. The number of hydrogen-bond acceptors (Lipinski definition) is 8. The Kier molecular flexibility index (Phi) is 11.3. The molecule has 206 valence electrons. The van der Waals surface area contributed by atoms with Gasteiger partial charge in [0.15, 0.2) is 0 Å². The minimum absolute atomic E-state index is 0.0379. The standard InChI is InChI=1S/C23H26ClF5N2O6/c1-3-37-22(33)18-15(11-36-9-8-35-7-6-30)31-14(10-25)17(21(32)34-2)19(18)16-13(26)5-4-12(24)20(16)23(27,28)29/h4-5,19,31H,3,6-11,30H2,1-2H3. The number of esters is 2. The zero-order valence-corrected chi connectivity index (χ0v) is 20.7. The van der Waals surface area contributed by atoms with Gasteiger partial charge in [-0.15, -0.1) is 0 Å². The van der Waals surface area contributed by atoms with Crippen LogP contribution in [-0.4, -0.2) is 65.3 Å². The number of methoxy groups -OCH3 is 1. The Labute approximate surface area is 214 Å². The van der Waals surface area contributed by atoms with Crippen molar-refractivity contribution in [3.8, 4) is 0 Å². The average molecular weight is 557 g/mol. The number of alkyl halides is 4. The monoisotopic (exact) mass is 556 g/mol. The summed E-state index contributed by atoms with van der Waals surface area (Å²) >= 11 is 5.82. The summed E-state index contributed by atoms with van der Waals surface area (Å²) in [6, 6.07) is 1.33. The van der Waals surface area contributed by atoms with E-state index in [0.29, 0.717) is 12.1 Å². The minimum atomic E-state index is -5.22. The second-order valence-corrected chi connectivity index (χ2v) is 7.86. The van der Waals surface area contributed by atoms with Gasteiger partial charge < -0.3 is 30.0 Å². The number of benzene rings is 1. The van der Waals surface area contributed by atoms with Crippen molar-refractivity contribution in [2.75, 3.05) is 53.4 Å². The molecule has 1 aliphatic heterocycles. The Hall–Kier alpha value is -2.74. The molecule has 0 spiro atoms. The Morgan fingerprint density at radius 2 is 1.73 bits per heavy atom. The number of hydrogen-bond donors (Lipinski definition) is 2. The fourth-order valence-electron chi connectivity index (χ4n) is 3.73. The van der Waals surface area contributed by atoms with E-state index >= 15 is 4.39 Å². The highest BCUT2D eigenvalue weighted by Crippen LogP contribution is 2.48. The summed E-state index contributed by atoms with van der Waals surface area (Å²) in [6.07, 6.45) is -5.22. The molecule has 0 aliphatic carbocycles. The summed E-state index contributed by atoms with van der Waals surface area (Å²) < 4.78 is 91.9. The van der Waals surface area contributed by atoms with E-state index in [-0.39, 0.29) is 38.7 Å². The molecule has 1 heterocycles. The van der Waals surface area contributed by atoms with Gasteiger partial charge in [-0.05, 0) is 19.1 Å². The van der Waals surface area contributed by atoms with Gasteiger partial charge in [-0.2, -0.15) is 13.2 Å². The molecule has 2 rings (SSSR count). The van der Waals surface area contributed by atoms with Crippen LogP contribution in [0.25, 0.3) is 0 Å². The third-order valence-electron chi connectivity index (χ3n) is 5.16. The van der Waals surface area contributed by atoms with Crippen LogP contribution in [0.1, 0.15) is 24.0 Å². The lowest BCUT2D eigenvalue weighted by Gasteiger charge is -2.33. The van der Waals surface area contributed by atoms with Gasteiger partial charge in [0.05, 0.1) is 79.2 Å². The summed E-state index contributed by atoms with van der Waals surface area (Å²) in [5, 5.41) is 1.62. The van der Waals surface area contributed by atoms with Crippen LogP contribution >= 0.6 is 11.6 Å². The molecular weight excluding hydrogens is 531 g/mol. The smallest absolute Gasteiger partial charge is 0.418 e. The van der Waals surface area contributed by atoms with Crippen LogP contribution < -0.4 is 11.1 Å². The summed E-state index contributed by atoms with van der Waals surface area (Å²) in [4.78, 5) is 25.8. The lowest BCUT2D eigenvalue weighted by molar-refractivity contribution is -0.141. The van der Waals surface area contributed by atoms with Crippen molar-refractivity contribution in [2.24, 2.45) is 5.73 Å². The molecule has 1 unspecified atom stereocenters. The SMILES string of the molecule is CCOC(=O)C1=C(COCCOCCN)NC(CF)=C(C(=O)OC)C1c1c(F)ccc(Cl)c1C(F)(F)F. The van der Waals surface area contributed by atoms with Crippen molar-refractivity contribution in [3.05, 3.63) is 56.6 Å². The highest BCUT2D eigenvalue weighted by Gasteiger charge is 2.47. The molecule has 8 nitrogen and oxygen atoms in total. The maximum Gasteiger partial charge on any atom is 0.418 e. The van der Waals surface area contributed by atoms with Gasteiger partial charge in [0.2, 0.25) is 0 Å². The van der Waals surface area contributed by atoms with Gasteiger partial charge in [-0.25, -0.2) is 18.4 Å². The number of rotatable bonds is 12. The minimum Gasteiger partial charge on any atom is -0.466 e. The molecule has 0 saturated carbocycles. The quantitative estimate of drug-likeness (QED) is 0.229. The molecule has 0 fully saturated rings. The first-order chi connectivity index (χ1) is 17.5. The Bertz CT molecular complexity index is 1060. The van der Waals surface area contributed by atoms with Crippen molar-refractivity contribution < 1.29 is 50.5 Å². The first kappa shape index (κ1) is 30.5. The molecule has 37 heavy (non-hydrogen) atoms. The summed E-state index contributed by atoms with van der Waals surface area (Å²) in [5.74, 6) is -6.03. The molecule has 0 bridgehead atoms. The van der Waals surface area contributed by atoms with E-state index < -0.39 is 76.1 Å². The van der Waals surface area contributed by atoms with Crippen LogP contribution in [0, 0.1) is 5.82 Å². The van der Waals surface area contributed by atoms with Crippen LogP contribution in [-0.2, 0) is 34.7 Å². The second kappa shape index (κ2) is 13.7. The normalized spacial score (nSPS) is 16.1. The number of carbonyl (C=O) groups is 2. The van der Waals surface area contributed by atoms with Gasteiger partial charge in [0.25, 0.3) is 0 Å². The molecule has 14 heteroatoms. The Balaban J connectivity index is 2.81. The molecule has 1 aliphatic rings. The summed E-state index contributed by atoms with van der Waals surface area (Å²) in [6.45, 7) is -0.108. The zero-order valence-electron chi connectivity index (χ0n) is 20.0. The third-order valence-corrected chi connectivity index (χ3v) is 5.47. The average Bonchev–Trinajstić information content (AvgIpc) is 2.85. The first-order valence-electron chi connectivity index (χ1n) is 11.0. The van der Waals surface area contributed by atoms with Crippen LogP contribution in [0.2, 0.25) is 5.02 Å². The molecule has 0 aromatic heterocycles. The maximum atomic E-state index is 15.2. The van der Waals surface area contributed by atoms with Gasteiger partial charge in [-0.3, -0.25) is 0 Å². The molecular formula is C23H26ClF5N2O6. The zero-order chi connectivity index (χ0) is 27.8. The van der Waals surface area contributed by atoms with Crippen molar-refractivity contribution in [2.45, 2.75) is 19.0 Å². The van der Waals surface area contributed by atoms with E-state index in [4.69, 9.17) is 31.5 Å². The second-order valence-electron chi connectivity index (χ2n) is 7.46. The summed E-state index contributed by atoms with van der Waals surface area (Å²) in [7, 11) is 0.898. The topological polar surface area (TPSA) is 109 Å². The fraction of sp³-hybridized carbons (Fsp3) is 0.478. The van der Waals surface area contributed by atoms with Crippen LogP contribution in [0.3, 0.4) is 0 Å². The van der Waals surface area contributed by atoms with Crippen LogP contribution in [0.15, 0.2) is 34.7 Å². The first-order valence-corrected chi connectivity index (χ1v) is 11.4. The predicted octanol–water partition coefficient (Wildman–Crippen LogP) is 3.39. The molecule has 3 N–H and O–H groups in total. The fourth-order valence-corrected chi connectivity index (χ4v) is 4.01. The van der Waals surface area contributed by atoms with E-state index in [1.54, 1.807) is 0 Å². The predicted molar refractivity (Wildman–Crippen MR) is 122 cm³/mol. The molecule has 0 amide bonds. The Morgan fingerprint density at radius 3 is 2.30 bits per heavy atom. The highest BCUT2D eigenvalue weighted by molar-refractivity contribution is 6.31. The largest absolute Gasteiger partial charge is 0.466 e. The number of nitrogens with one attached hydrogen (secondary N) is 1. The lowest BCUT2D eigenvalue weighted by atomic mass is 9.78.